The zero-order valence-corrected chi connectivity index (χ0v) is 15.3. The van der Waals surface area contributed by atoms with Crippen LogP contribution in [-0.4, -0.2) is 44.6 Å². The number of aromatic nitrogens is 4. The fourth-order valence-electron chi connectivity index (χ4n) is 3.81. The number of amides is 1. The molecule has 0 atom stereocenters. The van der Waals surface area contributed by atoms with E-state index in [4.69, 9.17) is 4.42 Å². The third-order valence-electron chi connectivity index (χ3n) is 5.51. The summed E-state index contributed by atoms with van der Waals surface area (Å²) in [5.41, 5.74) is 2.41. The van der Waals surface area contributed by atoms with Crippen LogP contribution in [0.1, 0.15) is 47.8 Å². The van der Waals surface area contributed by atoms with E-state index in [0.717, 1.165) is 42.9 Å². The standard InChI is InChI=1S/C19H22N6O2/c1-12-15(6-9-27-12)19(26)23-13-4-7-24(8-5-13)17-16-18(21-10-20-17)25(11-22-16)14-2-3-14/h6,9-11,13-14H,2-5,7-8H2,1H3,(H,23,26). The number of piperidine rings is 1. The Labute approximate surface area is 156 Å². The SMILES string of the molecule is Cc1occc1C(=O)NC1CCN(c2ncnc3c2ncn3C2CC2)CC1. The van der Waals surface area contributed by atoms with Gasteiger partial charge in [-0.1, -0.05) is 0 Å². The molecule has 1 aliphatic heterocycles. The van der Waals surface area contributed by atoms with Gasteiger partial charge in [0.25, 0.3) is 5.91 Å². The van der Waals surface area contributed by atoms with E-state index < -0.39 is 0 Å². The number of hydrogen-bond acceptors (Lipinski definition) is 6. The molecule has 2 fully saturated rings. The van der Waals surface area contributed by atoms with Crippen LogP contribution < -0.4 is 10.2 Å². The fraction of sp³-hybridized carbons (Fsp3) is 0.474. The van der Waals surface area contributed by atoms with Crippen LogP contribution in [0.3, 0.4) is 0 Å². The lowest BCUT2D eigenvalue weighted by molar-refractivity contribution is 0.0929. The number of nitrogens with zero attached hydrogens (tertiary/aromatic N) is 5. The van der Waals surface area contributed by atoms with Gasteiger partial charge in [-0.25, -0.2) is 15.0 Å². The van der Waals surface area contributed by atoms with Gasteiger partial charge < -0.3 is 19.2 Å². The Morgan fingerprint density at radius 1 is 1.19 bits per heavy atom. The van der Waals surface area contributed by atoms with Crippen LogP contribution in [-0.2, 0) is 0 Å². The van der Waals surface area contributed by atoms with Crippen molar-refractivity contribution in [1.29, 1.82) is 0 Å². The zero-order chi connectivity index (χ0) is 18.4. The summed E-state index contributed by atoms with van der Waals surface area (Å²) in [6, 6.07) is 2.42. The molecule has 3 aromatic heterocycles. The molecule has 0 radical (unpaired) electrons. The molecule has 1 aliphatic carbocycles. The number of rotatable bonds is 4. The maximum absolute atomic E-state index is 12.4. The van der Waals surface area contributed by atoms with Crippen molar-refractivity contribution in [3.63, 3.8) is 0 Å². The Bertz CT molecular complexity index is 981. The molecule has 0 unspecified atom stereocenters. The van der Waals surface area contributed by atoms with E-state index in [0.29, 0.717) is 17.4 Å². The number of furan rings is 1. The van der Waals surface area contributed by atoms with Gasteiger partial charge in [0.15, 0.2) is 17.0 Å². The fourth-order valence-corrected chi connectivity index (χ4v) is 3.81. The molecule has 8 heteroatoms. The molecule has 1 N–H and O–H groups in total. The van der Waals surface area contributed by atoms with Gasteiger partial charge in [-0.2, -0.15) is 0 Å². The third-order valence-corrected chi connectivity index (χ3v) is 5.51. The highest BCUT2D eigenvalue weighted by molar-refractivity contribution is 5.95. The largest absolute Gasteiger partial charge is 0.469 e. The Hall–Kier alpha value is -2.90. The Morgan fingerprint density at radius 2 is 2.00 bits per heavy atom. The minimum Gasteiger partial charge on any atom is -0.469 e. The molecule has 2 aliphatic rings. The van der Waals surface area contributed by atoms with Crippen LogP contribution in [0, 0.1) is 6.92 Å². The van der Waals surface area contributed by atoms with E-state index in [1.54, 1.807) is 25.6 Å². The van der Waals surface area contributed by atoms with Gasteiger partial charge in [0.1, 0.15) is 12.1 Å². The van der Waals surface area contributed by atoms with Crippen molar-refractivity contribution in [2.24, 2.45) is 0 Å². The van der Waals surface area contributed by atoms with E-state index in [2.05, 4.69) is 29.7 Å². The molecule has 3 aromatic rings. The van der Waals surface area contributed by atoms with Crippen LogP contribution >= 0.6 is 0 Å². The smallest absolute Gasteiger partial charge is 0.255 e. The number of fused-ring (bicyclic) bond motifs is 1. The summed E-state index contributed by atoms with van der Waals surface area (Å²) in [5.74, 6) is 1.49. The highest BCUT2D eigenvalue weighted by Crippen LogP contribution is 2.37. The highest BCUT2D eigenvalue weighted by Gasteiger charge is 2.28. The first-order valence-corrected chi connectivity index (χ1v) is 9.48. The van der Waals surface area contributed by atoms with Crippen LogP contribution in [0.15, 0.2) is 29.4 Å². The third kappa shape index (κ3) is 2.94. The second-order valence-corrected chi connectivity index (χ2v) is 7.38. The Morgan fingerprint density at radius 3 is 2.70 bits per heavy atom. The molecule has 4 heterocycles. The summed E-state index contributed by atoms with van der Waals surface area (Å²) in [4.78, 5) is 28.2. The van der Waals surface area contributed by atoms with Crippen molar-refractivity contribution >= 4 is 22.9 Å². The minimum atomic E-state index is -0.0627. The van der Waals surface area contributed by atoms with E-state index in [9.17, 15) is 4.79 Å². The molecule has 1 saturated heterocycles. The molecule has 27 heavy (non-hydrogen) atoms. The monoisotopic (exact) mass is 366 g/mol. The number of hydrogen-bond donors (Lipinski definition) is 1. The van der Waals surface area contributed by atoms with E-state index in [-0.39, 0.29) is 11.9 Å². The van der Waals surface area contributed by atoms with Crippen molar-refractivity contribution < 1.29 is 9.21 Å². The highest BCUT2D eigenvalue weighted by atomic mass is 16.3. The lowest BCUT2D eigenvalue weighted by Gasteiger charge is -2.33. The van der Waals surface area contributed by atoms with E-state index in [1.807, 2.05) is 6.33 Å². The number of anilines is 1. The number of nitrogens with one attached hydrogen (secondary N) is 1. The first-order valence-electron chi connectivity index (χ1n) is 9.48. The van der Waals surface area contributed by atoms with Crippen molar-refractivity contribution in [3.05, 3.63) is 36.3 Å². The molecule has 0 aromatic carbocycles. The van der Waals surface area contributed by atoms with Gasteiger partial charge >= 0.3 is 0 Å². The second kappa shape index (κ2) is 6.37. The topological polar surface area (TPSA) is 89.1 Å². The predicted octanol–water partition coefficient (Wildman–Crippen LogP) is 2.46. The molecule has 1 saturated carbocycles. The Balaban J connectivity index is 1.27. The van der Waals surface area contributed by atoms with Gasteiger partial charge in [-0.15, -0.1) is 0 Å². The molecule has 140 valence electrons. The number of aryl methyl sites for hydroxylation is 1. The molecule has 8 nitrogen and oxygen atoms in total. The average molecular weight is 366 g/mol. The van der Waals surface area contributed by atoms with Crippen molar-refractivity contribution in [2.75, 3.05) is 18.0 Å². The molecule has 5 rings (SSSR count). The summed E-state index contributed by atoms with van der Waals surface area (Å²) >= 11 is 0. The molecule has 1 amide bonds. The van der Waals surface area contributed by atoms with Gasteiger partial charge in [0.05, 0.1) is 18.2 Å². The van der Waals surface area contributed by atoms with Gasteiger partial charge in [0, 0.05) is 25.2 Å². The van der Waals surface area contributed by atoms with Crippen LogP contribution in [0.5, 0.6) is 0 Å². The second-order valence-electron chi connectivity index (χ2n) is 7.38. The lowest BCUT2D eigenvalue weighted by Crippen LogP contribution is -2.45. The normalized spacial score (nSPS) is 18.2. The number of imidazole rings is 1. The van der Waals surface area contributed by atoms with Crippen molar-refractivity contribution in [1.82, 2.24) is 24.8 Å². The summed E-state index contributed by atoms with van der Waals surface area (Å²) < 4.78 is 7.39. The maximum Gasteiger partial charge on any atom is 0.255 e. The summed E-state index contributed by atoms with van der Waals surface area (Å²) in [6.07, 6.45) is 9.22. The van der Waals surface area contributed by atoms with Crippen molar-refractivity contribution in [3.8, 4) is 0 Å². The lowest BCUT2D eigenvalue weighted by atomic mass is 10.0. The first kappa shape index (κ1) is 16.3. The van der Waals surface area contributed by atoms with Crippen LogP contribution in [0.2, 0.25) is 0 Å². The summed E-state index contributed by atoms with van der Waals surface area (Å²) in [6.45, 7) is 3.47. The Kier molecular flexibility index (Phi) is 3.84. The molecule has 0 bridgehead atoms. The first-order chi connectivity index (χ1) is 13.2. The number of carbonyl (C=O) groups excluding carboxylic acids is 1. The van der Waals surface area contributed by atoms with Crippen molar-refractivity contribution in [2.45, 2.75) is 44.7 Å². The molecular formula is C19H22N6O2. The van der Waals surface area contributed by atoms with E-state index >= 15 is 0 Å². The van der Waals surface area contributed by atoms with E-state index in [1.165, 1.54) is 12.8 Å². The van der Waals surface area contributed by atoms with Crippen LogP contribution in [0.4, 0.5) is 5.82 Å². The maximum atomic E-state index is 12.4. The molecular weight excluding hydrogens is 344 g/mol. The average Bonchev–Trinajstić information content (AvgIpc) is 3.28. The minimum absolute atomic E-state index is 0.0627. The van der Waals surface area contributed by atoms with Gasteiger partial charge in [0.2, 0.25) is 0 Å². The van der Waals surface area contributed by atoms with Crippen LogP contribution in [0.25, 0.3) is 11.2 Å². The zero-order valence-electron chi connectivity index (χ0n) is 15.3. The molecule has 0 spiro atoms. The van der Waals surface area contributed by atoms with Gasteiger partial charge in [-0.3, -0.25) is 4.79 Å². The quantitative estimate of drug-likeness (QED) is 0.763. The van der Waals surface area contributed by atoms with Gasteiger partial charge in [-0.05, 0) is 38.7 Å². The summed E-state index contributed by atoms with van der Waals surface area (Å²) in [5, 5.41) is 3.12. The predicted molar refractivity (Wildman–Crippen MR) is 99.7 cm³/mol. The number of carbonyl (C=O) groups is 1. The summed E-state index contributed by atoms with van der Waals surface area (Å²) in [7, 11) is 0.